The SMILES string of the molecule is CCCCCCCCCCCCCCCCCCCCCCCCC(=O)[O-].[Na+]. The van der Waals surface area contributed by atoms with Gasteiger partial charge in [0.25, 0.3) is 0 Å². The van der Waals surface area contributed by atoms with Crippen LogP contribution in [0.15, 0.2) is 0 Å². The second-order valence-electron chi connectivity index (χ2n) is 8.55. The molecule has 0 aliphatic carbocycles. The first-order chi connectivity index (χ1) is 13.3. The van der Waals surface area contributed by atoms with Gasteiger partial charge in [-0.15, -0.1) is 0 Å². The van der Waals surface area contributed by atoms with Crippen molar-refractivity contribution in [3.05, 3.63) is 0 Å². The summed E-state index contributed by atoms with van der Waals surface area (Å²) in [5.74, 6) is -0.900. The van der Waals surface area contributed by atoms with Crippen molar-refractivity contribution in [2.75, 3.05) is 0 Å². The van der Waals surface area contributed by atoms with Gasteiger partial charge in [-0.3, -0.25) is 0 Å². The van der Waals surface area contributed by atoms with E-state index in [1.54, 1.807) is 0 Å². The Balaban J connectivity index is 0. The van der Waals surface area contributed by atoms with Crippen LogP contribution in [0.1, 0.15) is 155 Å². The van der Waals surface area contributed by atoms with Crippen LogP contribution in [-0.4, -0.2) is 5.97 Å². The van der Waals surface area contributed by atoms with Crippen molar-refractivity contribution < 1.29 is 39.5 Å². The van der Waals surface area contributed by atoms with E-state index in [1.165, 1.54) is 128 Å². The van der Waals surface area contributed by atoms with Crippen molar-refractivity contribution >= 4 is 5.97 Å². The molecule has 0 amide bonds. The van der Waals surface area contributed by atoms with Gasteiger partial charge in [0.05, 0.1) is 0 Å². The first-order valence-corrected chi connectivity index (χ1v) is 12.5. The molecule has 0 aromatic rings. The minimum Gasteiger partial charge on any atom is -0.550 e. The molecule has 0 spiro atoms. The van der Waals surface area contributed by atoms with Crippen LogP contribution >= 0.6 is 0 Å². The molecule has 0 atom stereocenters. The summed E-state index contributed by atoms with van der Waals surface area (Å²) in [6.07, 6.45) is 30.2. The second kappa shape index (κ2) is 27.5. The third-order valence-electron chi connectivity index (χ3n) is 5.73. The fourth-order valence-electron chi connectivity index (χ4n) is 3.88. The molecule has 0 heterocycles. The van der Waals surface area contributed by atoms with Crippen LogP contribution in [0, 0.1) is 0 Å². The van der Waals surface area contributed by atoms with Crippen LogP contribution in [0.25, 0.3) is 0 Å². The summed E-state index contributed by atoms with van der Waals surface area (Å²) in [6.45, 7) is 2.29. The average Bonchev–Trinajstić information content (AvgIpc) is 2.65. The third kappa shape index (κ3) is 28.7. The number of rotatable bonds is 23. The van der Waals surface area contributed by atoms with Crippen molar-refractivity contribution in [3.63, 3.8) is 0 Å². The maximum absolute atomic E-state index is 10.3. The van der Waals surface area contributed by atoms with Crippen molar-refractivity contribution in [3.8, 4) is 0 Å². The number of carbonyl (C=O) groups is 1. The Labute approximate surface area is 199 Å². The van der Waals surface area contributed by atoms with E-state index in [-0.39, 0.29) is 36.0 Å². The molecule has 3 heteroatoms. The largest absolute Gasteiger partial charge is 1.00 e. The Kier molecular flexibility index (Phi) is 30.1. The van der Waals surface area contributed by atoms with E-state index in [9.17, 15) is 9.90 Å². The smallest absolute Gasteiger partial charge is 0.550 e. The molecule has 0 bridgehead atoms. The predicted octanol–water partition coefficient (Wildman–Crippen LogP) is 4.73. The summed E-state index contributed by atoms with van der Waals surface area (Å²) in [7, 11) is 0. The quantitative estimate of drug-likeness (QED) is 0.182. The van der Waals surface area contributed by atoms with Gasteiger partial charge in [0.1, 0.15) is 0 Å². The molecular formula is C25H49NaO2. The zero-order valence-corrected chi connectivity index (χ0v) is 21.6. The first-order valence-electron chi connectivity index (χ1n) is 12.5. The monoisotopic (exact) mass is 404 g/mol. The predicted molar refractivity (Wildman–Crippen MR) is 117 cm³/mol. The van der Waals surface area contributed by atoms with E-state index in [0.29, 0.717) is 0 Å². The van der Waals surface area contributed by atoms with Crippen LogP contribution in [0.4, 0.5) is 0 Å². The van der Waals surface area contributed by atoms with E-state index in [2.05, 4.69) is 6.92 Å². The van der Waals surface area contributed by atoms with Crippen LogP contribution in [-0.2, 0) is 4.79 Å². The zero-order valence-electron chi connectivity index (χ0n) is 19.6. The maximum Gasteiger partial charge on any atom is 1.00 e. The van der Waals surface area contributed by atoms with Crippen LogP contribution in [0.2, 0.25) is 0 Å². The Bertz CT molecular complexity index is 294. The van der Waals surface area contributed by atoms with Gasteiger partial charge in [-0.05, 0) is 12.8 Å². The molecular weight excluding hydrogens is 355 g/mol. The zero-order chi connectivity index (χ0) is 19.8. The topological polar surface area (TPSA) is 40.1 Å². The molecule has 162 valence electrons. The molecule has 0 aliphatic rings. The minimum absolute atomic E-state index is 0. The van der Waals surface area contributed by atoms with E-state index < -0.39 is 5.97 Å². The number of unbranched alkanes of at least 4 members (excludes halogenated alkanes) is 21. The van der Waals surface area contributed by atoms with Gasteiger partial charge in [0.2, 0.25) is 0 Å². The van der Waals surface area contributed by atoms with Gasteiger partial charge in [-0.25, -0.2) is 0 Å². The minimum atomic E-state index is -0.900. The number of hydrogen-bond donors (Lipinski definition) is 0. The molecule has 0 aromatic carbocycles. The Hall–Kier alpha value is 0.470. The number of carboxylic acids is 1. The normalized spacial score (nSPS) is 10.8. The first kappa shape index (κ1) is 30.7. The van der Waals surface area contributed by atoms with Gasteiger partial charge >= 0.3 is 29.6 Å². The summed E-state index contributed by atoms with van der Waals surface area (Å²) < 4.78 is 0. The third-order valence-corrected chi connectivity index (χ3v) is 5.73. The van der Waals surface area contributed by atoms with E-state index in [0.717, 1.165) is 12.8 Å². The fraction of sp³-hybridized carbons (Fsp3) is 0.960. The average molecular weight is 405 g/mol. The molecule has 0 N–H and O–H groups in total. The van der Waals surface area contributed by atoms with Gasteiger partial charge < -0.3 is 9.90 Å². The molecule has 28 heavy (non-hydrogen) atoms. The standard InChI is InChI=1S/C25H50O2.Na/c1-2-3-4-5-6-7-8-9-10-11-12-13-14-15-16-17-18-19-20-21-22-23-24-25(26)27;/h2-24H2,1H3,(H,26,27);/q;+1/p-1. The van der Waals surface area contributed by atoms with E-state index in [4.69, 9.17) is 0 Å². The molecule has 0 aliphatic heterocycles. The van der Waals surface area contributed by atoms with Crippen molar-refractivity contribution in [2.24, 2.45) is 0 Å². The summed E-state index contributed by atoms with van der Waals surface area (Å²) in [5, 5.41) is 10.3. The molecule has 0 radical (unpaired) electrons. The van der Waals surface area contributed by atoms with Crippen LogP contribution < -0.4 is 34.7 Å². The number of carbonyl (C=O) groups excluding carboxylic acids is 1. The van der Waals surface area contributed by atoms with Crippen molar-refractivity contribution in [1.29, 1.82) is 0 Å². The van der Waals surface area contributed by atoms with Gasteiger partial charge in [-0.2, -0.15) is 0 Å². The molecule has 0 rings (SSSR count). The molecule has 0 fully saturated rings. The maximum atomic E-state index is 10.3. The number of carboxylic acid groups (broad SMARTS) is 1. The second-order valence-corrected chi connectivity index (χ2v) is 8.55. The molecule has 0 saturated carbocycles. The van der Waals surface area contributed by atoms with E-state index in [1.807, 2.05) is 0 Å². The van der Waals surface area contributed by atoms with Gasteiger partial charge in [0.15, 0.2) is 0 Å². The van der Waals surface area contributed by atoms with Crippen LogP contribution in [0.3, 0.4) is 0 Å². The van der Waals surface area contributed by atoms with Gasteiger partial charge in [-0.1, -0.05) is 142 Å². The summed E-state index contributed by atoms with van der Waals surface area (Å²) in [5.41, 5.74) is 0. The Morgan fingerprint density at radius 2 is 0.679 bits per heavy atom. The Morgan fingerprint density at radius 1 is 0.464 bits per heavy atom. The van der Waals surface area contributed by atoms with Gasteiger partial charge in [0, 0.05) is 5.97 Å². The van der Waals surface area contributed by atoms with Crippen molar-refractivity contribution in [2.45, 2.75) is 155 Å². The summed E-state index contributed by atoms with van der Waals surface area (Å²) in [6, 6.07) is 0. The van der Waals surface area contributed by atoms with E-state index >= 15 is 0 Å². The van der Waals surface area contributed by atoms with Crippen LogP contribution in [0.5, 0.6) is 0 Å². The number of aliphatic carboxylic acids is 1. The molecule has 0 aromatic heterocycles. The number of hydrogen-bond acceptors (Lipinski definition) is 2. The Morgan fingerprint density at radius 3 is 0.893 bits per heavy atom. The summed E-state index contributed by atoms with van der Waals surface area (Å²) in [4.78, 5) is 10.3. The summed E-state index contributed by atoms with van der Waals surface area (Å²) >= 11 is 0. The fourth-order valence-corrected chi connectivity index (χ4v) is 3.88. The molecule has 0 saturated heterocycles. The molecule has 2 nitrogen and oxygen atoms in total. The molecule has 0 unspecified atom stereocenters. The van der Waals surface area contributed by atoms with Crippen molar-refractivity contribution in [1.82, 2.24) is 0 Å².